The van der Waals surface area contributed by atoms with Crippen LogP contribution in [0.3, 0.4) is 0 Å². The number of benzene rings is 3. The second-order valence-corrected chi connectivity index (χ2v) is 7.76. The lowest BCUT2D eigenvalue weighted by Gasteiger charge is -2.37. The van der Waals surface area contributed by atoms with Gasteiger partial charge >= 0.3 is 5.97 Å². The molecule has 0 radical (unpaired) electrons. The molecule has 0 saturated heterocycles. The molecule has 0 heterocycles. The molecule has 1 aliphatic rings. The molecule has 4 rings (SSSR count). The Labute approximate surface area is 171 Å². The Hall–Kier alpha value is -2.95. The highest BCUT2D eigenvalue weighted by molar-refractivity contribution is 5.82. The first-order valence-corrected chi connectivity index (χ1v) is 9.79. The van der Waals surface area contributed by atoms with Crippen LogP contribution >= 0.6 is 0 Å². The van der Waals surface area contributed by atoms with Gasteiger partial charge in [0.25, 0.3) is 0 Å². The second kappa shape index (κ2) is 7.14. The molecule has 3 aromatic rings. The lowest BCUT2D eigenvalue weighted by molar-refractivity contribution is -0.144. The van der Waals surface area contributed by atoms with Gasteiger partial charge in [0.2, 0.25) is 0 Å². The summed E-state index contributed by atoms with van der Waals surface area (Å²) in [6.07, 6.45) is -0.701. The molecule has 3 aromatic carbocycles. The quantitative estimate of drug-likeness (QED) is 0.681. The lowest BCUT2D eigenvalue weighted by atomic mass is 9.82. The van der Waals surface area contributed by atoms with Crippen LogP contribution in [-0.4, -0.2) is 23.2 Å². The minimum Gasteiger partial charge on any atom is -0.480 e. The van der Waals surface area contributed by atoms with Crippen LogP contribution in [0.15, 0.2) is 66.7 Å². The van der Waals surface area contributed by atoms with Gasteiger partial charge in [0.1, 0.15) is 11.6 Å². The summed E-state index contributed by atoms with van der Waals surface area (Å²) in [6.45, 7) is 5.88. The van der Waals surface area contributed by atoms with E-state index < -0.39 is 23.7 Å². The Bertz CT molecular complexity index is 1040. The van der Waals surface area contributed by atoms with Crippen molar-refractivity contribution in [3.63, 3.8) is 0 Å². The molecule has 0 aromatic heterocycles. The highest BCUT2D eigenvalue weighted by Gasteiger charge is 2.47. The third-order valence-electron chi connectivity index (χ3n) is 5.97. The molecule has 0 saturated carbocycles. The van der Waals surface area contributed by atoms with E-state index in [4.69, 9.17) is 10.5 Å². The fourth-order valence-electron chi connectivity index (χ4n) is 4.21. The number of hydrogen-bond donors (Lipinski definition) is 2. The van der Waals surface area contributed by atoms with Crippen LogP contribution in [0, 0.1) is 13.8 Å². The standard InChI is InChI=1S/C25H25NO3/c1-15-12-13-18(14-16(15)2)25(29-17(3)23(26)24(27)28)21-10-6-4-8-19(21)20-9-5-7-11-22(20)25/h4-14,17,23H,26H2,1-3H3,(H,27,28)/t17-,23+/m1/s1. The van der Waals surface area contributed by atoms with E-state index in [0.717, 1.165) is 33.4 Å². The maximum Gasteiger partial charge on any atom is 0.323 e. The molecule has 1 aliphatic carbocycles. The SMILES string of the molecule is Cc1ccc(C2(O[C@H](C)[C@H](N)C(=O)O)c3ccccc3-c3ccccc32)cc1C. The highest BCUT2D eigenvalue weighted by atomic mass is 16.5. The molecule has 2 atom stereocenters. The molecule has 4 nitrogen and oxygen atoms in total. The van der Waals surface area contributed by atoms with Crippen molar-refractivity contribution in [1.29, 1.82) is 0 Å². The first kappa shape index (κ1) is 19.4. The summed E-state index contributed by atoms with van der Waals surface area (Å²) in [6, 6.07) is 21.5. The number of ether oxygens (including phenoxy) is 1. The first-order valence-electron chi connectivity index (χ1n) is 9.79. The van der Waals surface area contributed by atoms with E-state index in [0.29, 0.717) is 0 Å². The van der Waals surface area contributed by atoms with Gasteiger partial charge in [-0.1, -0.05) is 66.7 Å². The van der Waals surface area contributed by atoms with Gasteiger partial charge in [-0.3, -0.25) is 4.79 Å². The van der Waals surface area contributed by atoms with Gasteiger partial charge in [0, 0.05) is 11.1 Å². The number of aryl methyl sites for hydroxylation is 2. The average Bonchev–Trinajstić information content (AvgIpc) is 3.00. The number of aliphatic carboxylic acids is 1. The Morgan fingerprint density at radius 1 is 0.931 bits per heavy atom. The molecule has 3 N–H and O–H groups in total. The van der Waals surface area contributed by atoms with Crippen molar-refractivity contribution >= 4 is 5.97 Å². The lowest BCUT2D eigenvalue weighted by Crippen LogP contribution is -2.46. The smallest absolute Gasteiger partial charge is 0.323 e. The molecular weight excluding hydrogens is 362 g/mol. The van der Waals surface area contributed by atoms with Crippen LogP contribution in [0.25, 0.3) is 11.1 Å². The van der Waals surface area contributed by atoms with E-state index in [9.17, 15) is 9.90 Å². The number of carboxylic acids is 1. The van der Waals surface area contributed by atoms with Crippen molar-refractivity contribution in [2.24, 2.45) is 5.73 Å². The van der Waals surface area contributed by atoms with Gasteiger partial charge in [-0.2, -0.15) is 0 Å². The number of fused-ring (bicyclic) bond motifs is 3. The van der Waals surface area contributed by atoms with E-state index in [-0.39, 0.29) is 0 Å². The molecule has 4 heteroatoms. The largest absolute Gasteiger partial charge is 0.480 e. The number of rotatable bonds is 5. The maximum absolute atomic E-state index is 11.5. The van der Waals surface area contributed by atoms with Crippen molar-refractivity contribution < 1.29 is 14.6 Å². The van der Waals surface area contributed by atoms with E-state index >= 15 is 0 Å². The number of nitrogens with two attached hydrogens (primary N) is 1. The fraction of sp³-hybridized carbons (Fsp3) is 0.240. The monoisotopic (exact) mass is 387 g/mol. The zero-order chi connectivity index (χ0) is 20.8. The van der Waals surface area contributed by atoms with Crippen LogP contribution in [-0.2, 0) is 15.1 Å². The van der Waals surface area contributed by atoms with E-state index in [1.165, 1.54) is 5.56 Å². The topological polar surface area (TPSA) is 72.5 Å². The molecule has 0 unspecified atom stereocenters. The Morgan fingerprint density at radius 3 is 2.00 bits per heavy atom. The van der Waals surface area contributed by atoms with Crippen molar-refractivity contribution in [3.05, 3.63) is 94.5 Å². The normalized spacial score (nSPS) is 16.0. The summed E-state index contributed by atoms with van der Waals surface area (Å²) in [7, 11) is 0. The zero-order valence-corrected chi connectivity index (χ0v) is 16.8. The van der Waals surface area contributed by atoms with E-state index in [2.05, 4.69) is 56.3 Å². The minimum atomic E-state index is -1.13. The van der Waals surface area contributed by atoms with Crippen molar-refractivity contribution in [2.75, 3.05) is 0 Å². The molecule has 0 aliphatic heterocycles. The van der Waals surface area contributed by atoms with Crippen LogP contribution in [0.4, 0.5) is 0 Å². The molecule has 0 spiro atoms. The van der Waals surface area contributed by atoms with Gasteiger partial charge < -0.3 is 15.6 Å². The Kier molecular flexibility index (Phi) is 4.77. The third-order valence-corrected chi connectivity index (χ3v) is 5.97. The predicted octanol–water partition coefficient (Wildman–Crippen LogP) is 4.39. The van der Waals surface area contributed by atoms with Crippen LogP contribution in [0.1, 0.15) is 34.7 Å². The van der Waals surface area contributed by atoms with Gasteiger partial charge in [-0.05, 0) is 48.6 Å². The number of hydrogen-bond acceptors (Lipinski definition) is 3. The zero-order valence-electron chi connectivity index (χ0n) is 16.8. The summed E-state index contributed by atoms with van der Waals surface area (Å²) in [5, 5.41) is 9.45. The summed E-state index contributed by atoms with van der Waals surface area (Å²) < 4.78 is 6.65. The number of carboxylic acid groups (broad SMARTS) is 1. The Balaban J connectivity index is 2.01. The molecule has 0 amide bonds. The number of carbonyl (C=O) groups is 1. The second-order valence-electron chi connectivity index (χ2n) is 7.76. The highest BCUT2D eigenvalue weighted by Crippen LogP contribution is 2.53. The van der Waals surface area contributed by atoms with Crippen molar-refractivity contribution in [3.8, 4) is 11.1 Å². The predicted molar refractivity (Wildman–Crippen MR) is 114 cm³/mol. The van der Waals surface area contributed by atoms with Gasteiger partial charge in [-0.25, -0.2) is 0 Å². The van der Waals surface area contributed by atoms with Crippen LogP contribution < -0.4 is 5.73 Å². The van der Waals surface area contributed by atoms with Crippen molar-refractivity contribution in [2.45, 2.75) is 38.5 Å². The van der Waals surface area contributed by atoms with Crippen LogP contribution in [0.5, 0.6) is 0 Å². The molecule has 0 fully saturated rings. The van der Waals surface area contributed by atoms with Gasteiger partial charge in [-0.15, -0.1) is 0 Å². The third kappa shape index (κ3) is 2.96. The molecule has 0 bridgehead atoms. The van der Waals surface area contributed by atoms with Crippen molar-refractivity contribution in [1.82, 2.24) is 0 Å². The summed E-state index contributed by atoms with van der Waals surface area (Å²) in [4.78, 5) is 11.5. The molecule has 148 valence electrons. The molecule has 29 heavy (non-hydrogen) atoms. The van der Waals surface area contributed by atoms with E-state index in [1.807, 2.05) is 24.3 Å². The van der Waals surface area contributed by atoms with Gasteiger partial charge in [0.15, 0.2) is 0 Å². The summed E-state index contributed by atoms with van der Waals surface area (Å²) in [5.74, 6) is -1.08. The minimum absolute atomic E-state index is 0.701. The average molecular weight is 387 g/mol. The summed E-state index contributed by atoms with van der Waals surface area (Å²) >= 11 is 0. The first-order chi connectivity index (χ1) is 13.9. The fourth-order valence-corrected chi connectivity index (χ4v) is 4.21. The molecular formula is C25H25NO3. The Morgan fingerprint density at radius 2 is 1.48 bits per heavy atom. The van der Waals surface area contributed by atoms with Crippen LogP contribution in [0.2, 0.25) is 0 Å². The van der Waals surface area contributed by atoms with E-state index in [1.54, 1.807) is 6.92 Å². The summed E-state index contributed by atoms with van der Waals surface area (Å²) in [5.41, 5.74) is 12.6. The van der Waals surface area contributed by atoms with Gasteiger partial charge in [0.05, 0.1) is 6.10 Å². The maximum atomic E-state index is 11.5.